The molecule has 0 saturated heterocycles. The minimum absolute atomic E-state index is 0.118. The van der Waals surface area contributed by atoms with Crippen LogP contribution in [-0.2, 0) is 6.54 Å². The van der Waals surface area contributed by atoms with Gasteiger partial charge in [-0.25, -0.2) is 4.98 Å². The first kappa shape index (κ1) is 6.56. The molecule has 0 atom stereocenters. The van der Waals surface area contributed by atoms with Gasteiger partial charge in [0.1, 0.15) is 0 Å². The molecule has 0 aliphatic rings. The summed E-state index contributed by atoms with van der Waals surface area (Å²) in [6.07, 6.45) is 7.85. The number of terminal acetylenes is 1. The van der Waals surface area contributed by atoms with Crippen LogP contribution in [0, 0.1) is 12.3 Å². The Morgan fingerprint density at radius 1 is 1.80 bits per heavy atom. The van der Waals surface area contributed by atoms with Crippen molar-refractivity contribution in [1.29, 1.82) is 0 Å². The molecule has 3 heteroatoms. The van der Waals surface area contributed by atoms with Gasteiger partial charge in [0, 0.05) is 12.3 Å². The van der Waals surface area contributed by atoms with Gasteiger partial charge in [0.15, 0.2) is 0 Å². The summed E-state index contributed by atoms with van der Waals surface area (Å²) in [5.41, 5.74) is -0.118. The third kappa shape index (κ3) is 1.23. The molecule has 0 aliphatic heterocycles. The standard InChI is InChI=1S/C7H6N2O/c1-2-5-9-6-8-4-3-7(9)10/h1,3-4,6H,5H2. The van der Waals surface area contributed by atoms with Crippen LogP contribution in [-0.4, -0.2) is 9.55 Å². The molecule has 0 aromatic carbocycles. The number of hydrogen-bond acceptors (Lipinski definition) is 2. The van der Waals surface area contributed by atoms with Crippen LogP contribution < -0.4 is 5.56 Å². The fourth-order valence-corrected chi connectivity index (χ4v) is 0.595. The Bertz CT molecular complexity index is 308. The highest BCUT2D eigenvalue weighted by Gasteiger charge is 1.87. The van der Waals surface area contributed by atoms with Crippen LogP contribution in [0.2, 0.25) is 0 Å². The first-order valence-corrected chi connectivity index (χ1v) is 2.78. The van der Waals surface area contributed by atoms with E-state index in [1.54, 1.807) is 0 Å². The Labute approximate surface area is 58.3 Å². The van der Waals surface area contributed by atoms with Crippen molar-refractivity contribution in [1.82, 2.24) is 9.55 Å². The molecule has 1 rings (SSSR count). The number of aromatic nitrogens is 2. The van der Waals surface area contributed by atoms with Crippen LogP contribution in [0.25, 0.3) is 0 Å². The Morgan fingerprint density at radius 2 is 2.60 bits per heavy atom. The van der Waals surface area contributed by atoms with Crippen molar-refractivity contribution in [2.75, 3.05) is 0 Å². The Morgan fingerprint density at radius 3 is 3.20 bits per heavy atom. The van der Waals surface area contributed by atoms with Crippen LogP contribution in [0.5, 0.6) is 0 Å². The maximum atomic E-state index is 10.8. The summed E-state index contributed by atoms with van der Waals surface area (Å²) in [4.78, 5) is 14.6. The third-order valence-electron chi connectivity index (χ3n) is 1.05. The van der Waals surface area contributed by atoms with E-state index >= 15 is 0 Å². The summed E-state index contributed by atoms with van der Waals surface area (Å²) >= 11 is 0. The van der Waals surface area contributed by atoms with Crippen LogP contribution in [0.3, 0.4) is 0 Å². The first-order valence-electron chi connectivity index (χ1n) is 2.78. The molecular formula is C7H6N2O. The second-order valence-corrected chi connectivity index (χ2v) is 1.75. The zero-order valence-electron chi connectivity index (χ0n) is 5.32. The van der Waals surface area contributed by atoms with Gasteiger partial charge >= 0.3 is 0 Å². The molecule has 1 aromatic rings. The second-order valence-electron chi connectivity index (χ2n) is 1.75. The molecular weight excluding hydrogens is 128 g/mol. The predicted molar refractivity (Wildman–Crippen MR) is 37.3 cm³/mol. The van der Waals surface area contributed by atoms with Gasteiger partial charge in [-0.1, -0.05) is 5.92 Å². The molecule has 0 fully saturated rings. The van der Waals surface area contributed by atoms with E-state index in [0.717, 1.165) is 0 Å². The van der Waals surface area contributed by atoms with Gasteiger partial charge in [-0.05, 0) is 0 Å². The zero-order valence-corrected chi connectivity index (χ0v) is 5.32. The van der Waals surface area contributed by atoms with Gasteiger partial charge in [-0.3, -0.25) is 9.36 Å². The van der Waals surface area contributed by atoms with Crippen molar-refractivity contribution in [3.8, 4) is 12.3 Å². The van der Waals surface area contributed by atoms with Crippen molar-refractivity contribution < 1.29 is 0 Å². The minimum atomic E-state index is -0.118. The number of nitrogens with zero attached hydrogens (tertiary/aromatic N) is 2. The fraction of sp³-hybridized carbons (Fsp3) is 0.143. The molecule has 0 spiro atoms. The highest BCUT2D eigenvalue weighted by Crippen LogP contribution is 1.73. The van der Waals surface area contributed by atoms with Gasteiger partial charge in [0.25, 0.3) is 5.56 Å². The van der Waals surface area contributed by atoms with Crippen molar-refractivity contribution in [3.63, 3.8) is 0 Å². The normalized spacial score (nSPS) is 8.70. The van der Waals surface area contributed by atoms with Gasteiger partial charge in [0.05, 0.1) is 12.9 Å². The molecule has 0 amide bonds. The summed E-state index contributed by atoms with van der Waals surface area (Å²) in [5, 5.41) is 0. The lowest BCUT2D eigenvalue weighted by Gasteiger charge is -1.94. The van der Waals surface area contributed by atoms with Crippen LogP contribution >= 0.6 is 0 Å². The van der Waals surface area contributed by atoms with Gasteiger partial charge < -0.3 is 0 Å². The third-order valence-corrected chi connectivity index (χ3v) is 1.05. The van der Waals surface area contributed by atoms with E-state index in [-0.39, 0.29) is 12.1 Å². The maximum absolute atomic E-state index is 10.8. The lowest BCUT2D eigenvalue weighted by molar-refractivity contribution is 0.768. The highest BCUT2D eigenvalue weighted by atomic mass is 16.1. The molecule has 0 unspecified atom stereocenters. The molecule has 3 nitrogen and oxygen atoms in total. The monoisotopic (exact) mass is 134 g/mol. The van der Waals surface area contributed by atoms with Gasteiger partial charge in [-0.2, -0.15) is 0 Å². The average Bonchev–Trinajstić information content (AvgIpc) is 1.94. The van der Waals surface area contributed by atoms with E-state index in [1.165, 1.54) is 23.2 Å². The summed E-state index contributed by atoms with van der Waals surface area (Å²) in [6, 6.07) is 1.37. The van der Waals surface area contributed by atoms with E-state index in [2.05, 4.69) is 10.9 Å². The predicted octanol–water partition coefficient (Wildman–Crippen LogP) is -0.124. The summed E-state index contributed by atoms with van der Waals surface area (Å²) in [6.45, 7) is 0.284. The summed E-state index contributed by atoms with van der Waals surface area (Å²) in [7, 11) is 0. The molecule has 1 aromatic heterocycles. The molecule has 10 heavy (non-hydrogen) atoms. The summed E-state index contributed by atoms with van der Waals surface area (Å²) in [5.74, 6) is 2.35. The van der Waals surface area contributed by atoms with Crippen molar-refractivity contribution in [2.45, 2.75) is 6.54 Å². The molecule has 1 heterocycles. The van der Waals surface area contributed by atoms with Crippen molar-refractivity contribution in [3.05, 3.63) is 28.9 Å². The Kier molecular flexibility index (Phi) is 1.86. The van der Waals surface area contributed by atoms with E-state index in [4.69, 9.17) is 6.42 Å². The zero-order chi connectivity index (χ0) is 7.40. The SMILES string of the molecule is C#CCn1cnccc1=O. The topological polar surface area (TPSA) is 34.9 Å². The molecule has 0 N–H and O–H groups in total. The fourth-order valence-electron chi connectivity index (χ4n) is 0.595. The molecule has 0 bridgehead atoms. The molecule has 0 radical (unpaired) electrons. The second kappa shape index (κ2) is 2.83. The smallest absolute Gasteiger partial charge is 0.254 e. The quantitative estimate of drug-likeness (QED) is 0.502. The molecule has 50 valence electrons. The summed E-state index contributed by atoms with van der Waals surface area (Å²) < 4.78 is 1.36. The minimum Gasteiger partial charge on any atom is -0.287 e. The van der Waals surface area contributed by atoms with Crippen molar-refractivity contribution in [2.24, 2.45) is 0 Å². The van der Waals surface area contributed by atoms with E-state index < -0.39 is 0 Å². The van der Waals surface area contributed by atoms with E-state index in [1.807, 2.05) is 0 Å². The van der Waals surface area contributed by atoms with Gasteiger partial charge in [-0.15, -0.1) is 6.42 Å². The number of rotatable bonds is 1. The lowest BCUT2D eigenvalue weighted by Crippen LogP contribution is -2.17. The van der Waals surface area contributed by atoms with E-state index in [9.17, 15) is 4.79 Å². The highest BCUT2D eigenvalue weighted by molar-refractivity contribution is 4.89. The van der Waals surface area contributed by atoms with Crippen molar-refractivity contribution >= 4 is 0 Å². The van der Waals surface area contributed by atoms with E-state index in [0.29, 0.717) is 0 Å². The van der Waals surface area contributed by atoms with Crippen LogP contribution in [0.4, 0.5) is 0 Å². The Hall–Kier alpha value is -1.56. The van der Waals surface area contributed by atoms with Crippen LogP contribution in [0.1, 0.15) is 0 Å². The van der Waals surface area contributed by atoms with Crippen LogP contribution in [0.15, 0.2) is 23.4 Å². The molecule has 0 saturated carbocycles. The maximum Gasteiger partial charge on any atom is 0.254 e. The molecule has 0 aliphatic carbocycles. The average molecular weight is 134 g/mol. The largest absolute Gasteiger partial charge is 0.287 e. The number of hydrogen-bond donors (Lipinski definition) is 0. The Balaban J connectivity index is 3.07. The first-order chi connectivity index (χ1) is 4.84. The van der Waals surface area contributed by atoms with Gasteiger partial charge in [0.2, 0.25) is 0 Å². The lowest BCUT2D eigenvalue weighted by atomic mass is 10.6.